The quantitative estimate of drug-likeness (QED) is 0.868. The van der Waals surface area contributed by atoms with Gasteiger partial charge >= 0.3 is 0 Å². The van der Waals surface area contributed by atoms with Crippen LogP contribution in [0, 0.1) is 5.82 Å². The molecule has 3 rings (SSSR count). The van der Waals surface area contributed by atoms with Gasteiger partial charge < -0.3 is 14.4 Å². The van der Waals surface area contributed by atoms with Gasteiger partial charge in [-0.2, -0.15) is 0 Å². The summed E-state index contributed by atoms with van der Waals surface area (Å²) >= 11 is 5.88. The molecule has 22 heavy (non-hydrogen) atoms. The summed E-state index contributed by atoms with van der Waals surface area (Å²) in [5.74, 6) is -0.214. The first-order valence-corrected chi connectivity index (χ1v) is 7.46. The van der Waals surface area contributed by atoms with Crippen molar-refractivity contribution in [1.29, 1.82) is 0 Å². The highest BCUT2D eigenvalue weighted by Gasteiger charge is 2.21. The van der Waals surface area contributed by atoms with Gasteiger partial charge in [0.1, 0.15) is 12.4 Å². The number of nitrogens with zero attached hydrogens (tertiary/aromatic N) is 4. The maximum atomic E-state index is 12.9. The van der Waals surface area contributed by atoms with E-state index in [2.05, 4.69) is 9.88 Å². The number of carbonyl (C=O) groups excluding carboxylic acids is 1. The molecule has 116 valence electrons. The van der Waals surface area contributed by atoms with E-state index in [1.165, 1.54) is 12.1 Å². The van der Waals surface area contributed by atoms with E-state index in [0.29, 0.717) is 18.4 Å². The van der Waals surface area contributed by atoms with Crippen LogP contribution in [-0.4, -0.2) is 46.5 Å². The SMILES string of the molecule is O=C(Cn1ccnc1Cl)N1CCN(c2ccc(F)cc2)CC1. The zero-order chi connectivity index (χ0) is 15.5. The standard InChI is InChI=1S/C15H16ClFN4O/c16-15-18-5-6-21(15)11-14(22)20-9-7-19(8-10-20)13-3-1-12(17)2-4-13/h1-6H,7-11H2. The number of piperazine rings is 1. The number of imidazole rings is 1. The highest BCUT2D eigenvalue weighted by atomic mass is 35.5. The van der Waals surface area contributed by atoms with Crippen LogP contribution in [0.3, 0.4) is 0 Å². The van der Waals surface area contributed by atoms with Crippen molar-refractivity contribution in [3.63, 3.8) is 0 Å². The summed E-state index contributed by atoms with van der Waals surface area (Å²) < 4.78 is 14.6. The van der Waals surface area contributed by atoms with Gasteiger partial charge in [-0.1, -0.05) is 0 Å². The highest BCUT2D eigenvalue weighted by Crippen LogP contribution is 2.17. The Balaban J connectivity index is 1.56. The molecule has 0 saturated carbocycles. The minimum absolute atomic E-state index is 0.0265. The molecule has 5 nitrogen and oxygen atoms in total. The number of anilines is 1. The third-order valence-electron chi connectivity index (χ3n) is 3.79. The summed E-state index contributed by atoms with van der Waals surface area (Å²) in [7, 11) is 0. The van der Waals surface area contributed by atoms with E-state index in [1.54, 1.807) is 29.1 Å². The maximum Gasteiger partial charge on any atom is 0.242 e. The molecule has 1 fully saturated rings. The van der Waals surface area contributed by atoms with Crippen molar-refractivity contribution < 1.29 is 9.18 Å². The second-order valence-corrected chi connectivity index (χ2v) is 5.51. The van der Waals surface area contributed by atoms with Crippen LogP contribution < -0.4 is 4.90 Å². The Morgan fingerprint density at radius 1 is 1.18 bits per heavy atom. The Kier molecular flexibility index (Phi) is 4.29. The molecule has 1 saturated heterocycles. The number of benzene rings is 1. The lowest BCUT2D eigenvalue weighted by molar-refractivity contribution is -0.132. The van der Waals surface area contributed by atoms with Crippen molar-refractivity contribution in [2.24, 2.45) is 0 Å². The van der Waals surface area contributed by atoms with Crippen LogP contribution in [0.5, 0.6) is 0 Å². The van der Waals surface area contributed by atoms with Crippen LogP contribution in [0.25, 0.3) is 0 Å². The predicted octanol–water partition coefficient (Wildman–Crippen LogP) is 2.02. The third-order valence-corrected chi connectivity index (χ3v) is 4.11. The number of hydrogen-bond acceptors (Lipinski definition) is 3. The van der Waals surface area contributed by atoms with Gasteiger partial charge in [0.05, 0.1) is 0 Å². The first-order valence-electron chi connectivity index (χ1n) is 7.08. The molecule has 0 radical (unpaired) electrons. The summed E-state index contributed by atoms with van der Waals surface area (Å²) in [5.41, 5.74) is 0.978. The fourth-order valence-electron chi connectivity index (χ4n) is 2.54. The molecule has 2 heterocycles. The topological polar surface area (TPSA) is 41.4 Å². The van der Waals surface area contributed by atoms with E-state index in [-0.39, 0.29) is 18.3 Å². The second-order valence-electron chi connectivity index (χ2n) is 5.17. The Morgan fingerprint density at radius 2 is 1.86 bits per heavy atom. The first kappa shape index (κ1) is 14.8. The Bertz CT molecular complexity index is 650. The maximum absolute atomic E-state index is 12.9. The zero-order valence-corrected chi connectivity index (χ0v) is 12.7. The van der Waals surface area contributed by atoms with Crippen molar-refractivity contribution >= 4 is 23.2 Å². The van der Waals surface area contributed by atoms with Gasteiger partial charge in [-0.15, -0.1) is 0 Å². The van der Waals surface area contributed by atoms with Crippen molar-refractivity contribution in [3.8, 4) is 0 Å². The molecule has 2 aromatic rings. The van der Waals surface area contributed by atoms with Crippen molar-refractivity contribution in [2.45, 2.75) is 6.54 Å². The largest absolute Gasteiger partial charge is 0.368 e. The van der Waals surface area contributed by atoms with Gasteiger partial charge in [0.25, 0.3) is 0 Å². The summed E-state index contributed by atoms with van der Waals surface area (Å²) in [6, 6.07) is 6.43. The van der Waals surface area contributed by atoms with E-state index < -0.39 is 0 Å². The molecule has 1 aromatic carbocycles. The molecule has 0 atom stereocenters. The summed E-state index contributed by atoms with van der Waals surface area (Å²) in [4.78, 5) is 20.1. The molecule has 1 aliphatic heterocycles. The zero-order valence-electron chi connectivity index (χ0n) is 12.0. The van der Waals surface area contributed by atoms with Gasteiger partial charge in [0.15, 0.2) is 0 Å². The molecule has 1 amide bonds. The van der Waals surface area contributed by atoms with E-state index in [4.69, 9.17) is 11.6 Å². The van der Waals surface area contributed by atoms with Crippen LogP contribution in [0.15, 0.2) is 36.7 Å². The minimum atomic E-state index is -0.241. The van der Waals surface area contributed by atoms with Crippen LogP contribution in [0.4, 0.5) is 10.1 Å². The summed E-state index contributed by atoms with van der Waals surface area (Å²) in [6.07, 6.45) is 3.26. The van der Waals surface area contributed by atoms with Gasteiger partial charge in [-0.3, -0.25) is 4.79 Å². The molecular weight excluding hydrogens is 307 g/mol. The third kappa shape index (κ3) is 3.22. The van der Waals surface area contributed by atoms with Crippen LogP contribution in [0.2, 0.25) is 5.28 Å². The van der Waals surface area contributed by atoms with Gasteiger partial charge in [0, 0.05) is 44.3 Å². The van der Waals surface area contributed by atoms with Crippen molar-refractivity contribution in [1.82, 2.24) is 14.5 Å². The normalized spacial score (nSPS) is 15.2. The lowest BCUT2D eigenvalue weighted by atomic mass is 10.2. The molecule has 1 aliphatic rings. The van der Waals surface area contributed by atoms with E-state index in [1.807, 2.05) is 4.90 Å². The average molecular weight is 323 g/mol. The molecule has 0 bridgehead atoms. The molecule has 0 unspecified atom stereocenters. The monoisotopic (exact) mass is 322 g/mol. The number of halogens is 2. The molecule has 0 spiro atoms. The van der Waals surface area contributed by atoms with E-state index >= 15 is 0 Å². The molecule has 7 heteroatoms. The van der Waals surface area contributed by atoms with Gasteiger partial charge in [-0.25, -0.2) is 9.37 Å². The smallest absolute Gasteiger partial charge is 0.242 e. The van der Waals surface area contributed by atoms with Crippen LogP contribution in [-0.2, 0) is 11.3 Å². The number of aromatic nitrogens is 2. The fraction of sp³-hybridized carbons (Fsp3) is 0.333. The Labute approximate surface area is 132 Å². The Hall–Kier alpha value is -2.08. The van der Waals surface area contributed by atoms with E-state index in [9.17, 15) is 9.18 Å². The average Bonchev–Trinajstić information content (AvgIpc) is 2.93. The predicted molar refractivity (Wildman–Crippen MR) is 82.4 cm³/mol. The van der Waals surface area contributed by atoms with Gasteiger partial charge in [0.2, 0.25) is 11.2 Å². The lowest BCUT2D eigenvalue weighted by Crippen LogP contribution is -2.49. The molecule has 0 N–H and O–H groups in total. The van der Waals surface area contributed by atoms with Crippen LogP contribution >= 0.6 is 11.6 Å². The molecule has 0 aliphatic carbocycles. The van der Waals surface area contributed by atoms with Crippen molar-refractivity contribution in [3.05, 3.63) is 47.8 Å². The van der Waals surface area contributed by atoms with Crippen LogP contribution in [0.1, 0.15) is 0 Å². The highest BCUT2D eigenvalue weighted by molar-refractivity contribution is 6.28. The summed E-state index contributed by atoms with van der Waals surface area (Å²) in [5, 5.41) is 0.318. The van der Waals surface area contributed by atoms with Gasteiger partial charge in [-0.05, 0) is 35.9 Å². The summed E-state index contributed by atoms with van der Waals surface area (Å²) in [6.45, 7) is 2.95. The number of rotatable bonds is 3. The second kappa shape index (κ2) is 6.36. The number of carbonyl (C=O) groups is 1. The Morgan fingerprint density at radius 3 is 2.45 bits per heavy atom. The lowest BCUT2D eigenvalue weighted by Gasteiger charge is -2.36. The van der Waals surface area contributed by atoms with E-state index in [0.717, 1.165) is 18.8 Å². The molecular formula is C15H16ClFN4O. The molecule has 1 aromatic heterocycles. The fourth-order valence-corrected chi connectivity index (χ4v) is 2.71. The number of amides is 1. The number of hydrogen-bond donors (Lipinski definition) is 0. The van der Waals surface area contributed by atoms with Crippen molar-refractivity contribution in [2.75, 3.05) is 31.1 Å². The minimum Gasteiger partial charge on any atom is -0.368 e. The first-order chi connectivity index (χ1) is 10.6.